The van der Waals surface area contributed by atoms with Crippen LogP contribution >= 0.6 is 0 Å². The van der Waals surface area contributed by atoms with E-state index in [-0.39, 0.29) is 11.9 Å². The molecule has 10 heteroatoms. The van der Waals surface area contributed by atoms with Gasteiger partial charge < -0.3 is 20.7 Å². The van der Waals surface area contributed by atoms with E-state index in [9.17, 15) is 10.1 Å². The summed E-state index contributed by atoms with van der Waals surface area (Å²) in [5, 5.41) is 23.1. The number of nitrogens with one attached hydrogen (secondary N) is 3. The maximum atomic E-state index is 11.5. The fourth-order valence-corrected chi connectivity index (χ4v) is 3.30. The first-order chi connectivity index (χ1) is 15.2. The van der Waals surface area contributed by atoms with Gasteiger partial charge in [-0.15, -0.1) is 0 Å². The Balaban J connectivity index is 1.52. The third-order valence-electron chi connectivity index (χ3n) is 5.05. The summed E-state index contributed by atoms with van der Waals surface area (Å²) >= 11 is 0. The monoisotopic (exact) mass is 420 g/mol. The lowest BCUT2D eigenvalue weighted by molar-refractivity contribution is -0.115. The number of aromatic nitrogens is 4. The van der Waals surface area contributed by atoms with E-state index in [0.717, 1.165) is 24.1 Å². The van der Waals surface area contributed by atoms with Crippen LogP contribution in [0.4, 0.5) is 17.6 Å². The van der Waals surface area contributed by atoms with Gasteiger partial charge in [0.25, 0.3) is 0 Å². The van der Waals surface area contributed by atoms with E-state index in [1.807, 2.05) is 31.2 Å². The van der Waals surface area contributed by atoms with Crippen LogP contribution < -0.4 is 16.0 Å². The van der Waals surface area contributed by atoms with Gasteiger partial charge in [0.05, 0.1) is 6.20 Å². The summed E-state index contributed by atoms with van der Waals surface area (Å²) in [6.45, 7) is 3.71. The van der Waals surface area contributed by atoms with Crippen LogP contribution in [0.1, 0.15) is 37.3 Å². The molecule has 0 atom stereocenters. The molecule has 1 saturated heterocycles. The third kappa shape index (κ3) is 4.90. The fourth-order valence-electron chi connectivity index (χ4n) is 3.30. The first-order valence-corrected chi connectivity index (χ1v) is 10.3. The van der Waals surface area contributed by atoms with Gasteiger partial charge in [-0.25, -0.2) is 0 Å². The van der Waals surface area contributed by atoms with E-state index >= 15 is 0 Å². The summed E-state index contributed by atoms with van der Waals surface area (Å²) < 4.78 is 6.94. The number of carbonyl (C=O) groups is 1. The second-order valence-corrected chi connectivity index (χ2v) is 7.26. The maximum absolute atomic E-state index is 11.5. The molecule has 1 aliphatic rings. The zero-order valence-electron chi connectivity index (χ0n) is 17.3. The topological polar surface area (TPSA) is 129 Å². The van der Waals surface area contributed by atoms with Gasteiger partial charge in [-0.05, 0) is 30.5 Å². The van der Waals surface area contributed by atoms with Gasteiger partial charge in [0.15, 0.2) is 5.65 Å². The molecule has 0 spiro atoms. The Morgan fingerprint density at radius 2 is 2.03 bits per heavy atom. The molecule has 3 aromatic rings. The molecule has 0 bridgehead atoms. The lowest BCUT2D eigenvalue weighted by Gasteiger charge is -2.23. The van der Waals surface area contributed by atoms with Crippen molar-refractivity contribution in [1.82, 2.24) is 19.6 Å². The summed E-state index contributed by atoms with van der Waals surface area (Å²) in [4.78, 5) is 20.6. The van der Waals surface area contributed by atoms with Gasteiger partial charge in [-0.2, -0.15) is 24.8 Å². The summed E-state index contributed by atoms with van der Waals surface area (Å²) in [7, 11) is 0. The van der Waals surface area contributed by atoms with E-state index in [1.54, 1.807) is 0 Å². The van der Waals surface area contributed by atoms with Crippen molar-refractivity contribution in [3.05, 3.63) is 41.6 Å². The number of benzene rings is 1. The van der Waals surface area contributed by atoms with E-state index in [2.05, 4.69) is 37.1 Å². The van der Waals surface area contributed by atoms with E-state index in [4.69, 9.17) is 4.74 Å². The summed E-state index contributed by atoms with van der Waals surface area (Å²) in [6, 6.07) is 9.94. The Bertz CT molecular complexity index is 1100. The highest BCUT2D eigenvalue weighted by Crippen LogP contribution is 2.19. The SMILES string of the molecule is CCC(=O)Nc1ccc(CNc2nc(NC3CCOCC3)nc3c(C#N)cnn23)cc1. The average Bonchev–Trinajstić information content (AvgIpc) is 3.22. The number of carbonyl (C=O) groups excluding carboxylic acids is 1. The number of fused-ring (bicyclic) bond motifs is 1. The number of nitrogens with zero attached hydrogens (tertiary/aromatic N) is 5. The van der Waals surface area contributed by atoms with Crippen molar-refractivity contribution < 1.29 is 9.53 Å². The first kappa shape index (κ1) is 20.6. The smallest absolute Gasteiger partial charge is 0.229 e. The Labute approximate surface area is 179 Å². The van der Waals surface area contributed by atoms with E-state index in [0.29, 0.717) is 49.3 Å². The van der Waals surface area contributed by atoms with Crippen LogP contribution in [0, 0.1) is 11.3 Å². The van der Waals surface area contributed by atoms with Crippen molar-refractivity contribution >= 4 is 29.1 Å². The molecule has 1 aliphatic heterocycles. The molecule has 0 saturated carbocycles. The number of hydrogen-bond acceptors (Lipinski definition) is 8. The normalized spacial score (nSPS) is 14.2. The number of amides is 1. The number of nitriles is 1. The van der Waals surface area contributed by atoms with Crippen LogP contribution in [-0.4, -0.2) is 44.7 Å². The number of ether oxygens (including phenoxy) is 1. The highest BCUT2D eigenvalue weighted by atomic mass is 16.5. The third-order valence-corrected chi connectivity index (χ3v) is 5.05. The molecule has 4 rings (SSSR count). The number of hydrogen-bond donors (Lipinski definition) is 3. The van der Waals surface area contributed by atoms with Gasteiger partial charge >= 0.3 is 0 Å². The van der Waals surface area contributed by atoms with Crippen molar-refractivity contribution in [2.45, 2.75) is 38.8 Å². The standard InChI is InChI=1S/C21H24N8O2/c1-2-18(30)25-16-5-3-14(4-6-16)12-23-21-28-20(26-17-7-9-31-10-8-17)27-19-15(11-22)13-24-29(19)21/h3-6,13,17H,2,7-10,12H2,1H3,(H,25,30)(H2,23,26,27,28). The lowest BCUT2D eigenvalue weighted by atomic mass is 10.1. The van der Waals surface area contributed by atoms with Gasteiger partial charge in [-0.1, -0.05) is 19.1 Å². The van der Waals surface area contributed by atoms with Crippen molar-refractivity contribution in [3.8, 4) is 6.07 Å². The predicted octanol–water partition coefficient (Wildman–Crippen LogP) is 2.55. The Kier molecular flexibility index (Phi) is 6.24. The van der Waals surface area contributed by atoms with Gasteiger partial charge in [-0.3, -0.25) is 4.79 Å². The van der Waals surface area contributed by atoms with Gasteiger partial charge in [0, 0.05) is 37.9 Å². The Morgan fingerprint density at radius 3 is 2.74 bits per heavy atom. The molecule has 1 amide bonds. The minimum atomic E-state index is -0.0224. The van der Waals surface area contributed by atoms with Crippen LogP contribution in [0.2, 0.25) is 0 Å². The minimum Gasteiger partial charge on any atom is -0.381 e. The fraction of sp³-hybridized carbons (Fsp3) is 0.381. The van der Waals surface area contributed by atoms with Crippen LogP contribution in [0.25, 0.3) is 5.65 Å². The van der Waals surface area contributed by atoms with Crippen molar-refractivity contribution in [2.24, 2.45) is 0 Å². The summed E-state index contributed by atoms with van der Waals surface area (Å²) in [5.74, 6) is 0.923. The second-order valence-electron chi connectivity index (χ2n) is 7.26. The predicted molar refractivity (Wildman–Crippen MR) is 116 cm³/mol. The maximum Gasteiger partial charge on any atom is 0.229 e. The molecule has 10 nitrogen and oxygen atoms in total. The molecule has 160 valence electrons. The zero-order valence-corrected chi connectivity index (χ0v) is 17.3. The van der Waals surface area contributed by atoms with Gasteiger partial charge in [0.2, 0.25) is 17.8 Å². The molecule has 1 fully saturated rings. The largest absolute Gasteiger partial charge is 0.381 e. The van der Waals surface area contributed by atoms with Crippen molar-refractivity contribution in [3.63, 3.8) is 0 Å². The van der Waals surface area contributed by atoms with Crippen LogP contribution in [0.15, 0.2) is 30.5 Å². The molecule has 1 aromatic carbocycles. The van der Waals surface area contributed by atoms with Crippen LogP contribution in [0.3, 0.4) is 0 Å². The zero-order chi connectivity index (χ0) is 21.6. The van der Waals surface area contributed by atoms with Crippen LogP contribution in [-0.2, 0) is 16.1 Å². The quantitative estimate of drug-likeness (QED) is 0.532. The van der Waals surface area contributed by atoms with Crippen LogP contribution in [0.5, 0.6) is 0 Å². The number of rotatable bonds is 7. The molecular formula is C21H24N8O2. The summed E-state index contributed by atoms with van der Waals surface area (Å²) in [6.07, 6.45) is 3.68. The van der Waals surface area contributed by atoms with E-state index < -0.39 is 0 Å². The lowest BCUT2D eigenvalue weighted by Crippen LogP contribution is -2.29. The summed E-state index contributed by atoms with van der Waals surface area (Å²) in [5.41, 5.74) is 2.60. The molecule has 0 radical (unpaired) electrons. The number of anilines is 3. The molecular weight excluding hydrogens is 396 g/mol. The molecule has 3 N–H and O–H groups in total. The Hall–Kier alpha value is -3.71. The second kappa shape index (κ2) is 9.40. The van der Waals surface area contributed by atoms with E-state index in [1.165, 1.54) is 10.7 Å². The highest BCUT2D eigenvalue weighted by Gasteiger charge is 2.18. The average molecular weight is 420 g/mol. The highest BCUT2D eigenvalue weighted by molar-refractivity contribution is 5.90. The molecule has 0 aliphatic carbocycles. The van der Waals surface area contributed by atoms with Crippen molar-refractivity contribution in [1.29, 1.82) is 5.26 Å². The molecule has 2 aromatic heterocycles. The molecule has 0 unspecified atom stereocenters. The van der Waals surface area contributed by atoms with Crippen molar-refractivity contribution in [2.75, 3.05) is 29.2 Å². The minimum absolute atomic E-state index is 0.0224. The Morgan fingerprint density at radius 1 is 1.26 bits per heavy atom. The van der Waals surface area contributed by atoms with Gasteiger partial charge in [0.1, 0.15) is 11.6 Å². The first-order valence-electron chi connectivity index (χ1n) is 10.3. The molecule has 31 heavy (non-hydrogen) atoms. The molecule has 3 heterocycles.